The second kappa shape index (κ2) is 10.6. The fourth-order valence-electron chi connectivity index (χ4n) is 3.93. The molecule has 0 aliphatic heterocycles. The molecule has 1 aromatic heterocycles. The van der Waals surface area contributed by atoms with Gasteiger partial charge in [0.1, 0.15) is 18.2 Å². The maximum Gasteiger partial charge on any atom is 0.257 e. The van der Waals surface area contributed by atoms with E-state index in [0.717, 1.165) is 39.2 Å². The van der Waals surface area contributed by atoms with Gasteiger partial charge in [0.25, 0.3) is 5.91 Å². The minimum atomic E-state index is -0.299. The highest BCUT2D eigenvalue weighted by Crippen LogP contribution is 2.26. The monoisotopic (exact) mass is 506 g/mol. The molecule has 3 N–H and O–H groups in total. The molecule has 0 saturated carbocycles. The van der Waals surface area contributed by atoms with Crippen molar-refractivity contribution in [2.24, 2.45) is 0 Å². The third kappa shape index (κ3) is 5.85. The zero-order chi connectivity index (χ0) is 25.8. The summed E-state index contributed by atoms with van der Waals surface area (Å²) in [5, 5.41) is 6.05. The topological polar surface area (TPSA) is 79.0 Å². The summed E-state index contributed by atoms with van der Waals surface area (Å²) < 4.78 is 5.83. The standard InChI is InChI=1S/C30H26N4O2S/c1-19-7-10-21(11-8-19)18-36-24-15-12-22(13-16-24)29(35)34-30(37)31-23-14-9-20(2)25(17-23)28-32-26-5-3-4-6-27(26)33-28/h3-17H,18H2,1-2H3,(H,32,33)(H2,31,34,35,37). The average molecular weight is 507 g/mol. The number of aromatic nitrogens is 2. The van der Waals surface area contributed by atoms with Gasteiger partial charge in [-0.05, 0) is 85.7 Å². The zero-order valence-corrected chi connectivity index (χ0v) is 21.4. The van der Waals surface area contributed by atoms with E-state index in [-0.39, 0.29) is 11.0 Å². The number of carbonyl (C=O) groups is 1. The summed E-state index contributed by atoms with van der Waals surface area (Å²) in [6.07, 6.45) is 0. The molecular weight excluding hydrogens is 480 g/mol. The van der Waals surface area contributed by atoms with Gasteiger partial charge in [0.2, 0.25) is 0 Å². The van der Waals surface area contributed by atoms with Crippen molar-refractivity contribution in [2.45, 2.75) is 20.5 Å². The highest BCUT2D eigenvalue weighted by molar-refractivity contribution is 7.80. The predicted octanol–water partition coefficient (Wildman–Crippen LogP) is 6.55. The number of anilines is 1. The number of para-hydroxylation sites is 2. The van der Waals surface area contributed by atoms with Crippen LogP contribution in [0.2, 0.25) is 0 Å². The molecule has 5 aromatic rings. The Morgan fingerprint density at radius 3 is 2.46 bits per heavy atom. The van der Waals surface area contributed by atoms with Crippen LogP contribution < -0.4 is 15.4 Å². The second-order valence-electron chi connectivity index (χ2n) is 8.84. The van der Waals surface area contributed by atoms with Gasteiger partial charge in [0.15, 0.2) is 5.11 Å². The molecule has 7 heteroatoms. The molecule has 0 unspecified atom stereocenters. The van der Waals surface area contributed by atoms with Crippen LogP contribution in [-0.2, 0) is 6.61 Å². The first kappa shape index (κ1) is 24.2. The Balaban J connectivity index is 1.20. The summed E-state index contributed by atoms with van der Waals surface area (Å²) >= 11 is 5.40. The van der Waals surface area contributed by atoms with Crippen molar-refractivity contribution in [3.05, 3.63) is 113 Å². The van der Waals surface area contributed by atoms with Gasteiger partial charge >= 0.3 is 0 Å². The number of ether oxygens (including phenoxy) is 1. The number of rotatable bonds is 6. The molecule has 37 heavy (non-hydrogen) atoms. The summed E-state index contributed by atoms with van der Waals surface area (Å²) in [4.78, 5) is 20.8. The minimum absolute atomic E-state index is 0.212. The number of fused-ring (bicyclic) bond motifs is 1. The van der Waals surface area contributed by atoms with E-state index in [2.05, 4.69) is 34.7 Å². The van der Waals surface area contributed by atoms with Crippen LogP contribution in [0.5, 0.6) is 5.75 Å². The summed E-state index contributed by atoms with van der Waals surface area (Å²) in [7, 11) is 0. The first-order valence-electron chi connectivity index (χ1n) is 11.9. The van der Waals surface area contributed by atoms with Crippen LogP contribution in [0.25, 0.3) is 22.4 Å². The molecule has 5 rings (SSSR count). The Morgan fingerprint density at radius 2 is 1.70 bits per heavy atom. The highest BCUT2D eigenvalue weighted by Gasteiger charge is 2.12. The Morgan fingerprint density at radius 1 is 0.946 bits per heavy atom. The summed E-state index contributed by atoms with van der Waals surface area (Å²) in [6.45, 7) is 4.54. The van der Waals surface area contributed by atoms with E-state index in [1.165, 1.54) is 5.56 Å². The van der Waals surface area contributed by atoms with Crippen molar-refractivity contribution in [3.8, 4) is 17.1 Å². The lowest BCUT2D eigenvalue weighted by Crippen LogP contribution is -2.34. The average Bonchev–Trinajstić information content (AvgIpc) is 3.34. The van der Waals surface area contributed by atoms with Crippen LogP contribution in [-0.4, -0.2) is 21.0 Å². The second-order valence-corrected chi connectivity index (χ2v) is 9.25. The first-order valence-corrected chi connectivity index (χ1v) is 12.3. The molecule has 1 amide bonds. The Kier molecular flexibility index (Phi) is 6.96. The molecule has 4 aromatic carbocycles. The van der Waals surface area contributed by atoms with Gasteiger partial charge in [0.05, 0.1) is 11.0 Å². The van der Waals surface area contributed by atoms with E-state index in [1.807, 2.05) is 61.5 Å². The van der Waals surface area contributed by atoms with Crippen molar-refractivity contribution in [1.82, 2.24) is 15.3 Å². The number of hydrogen-bond donors (Lipinski definition) is 3. The number of aryl methyl sites for hydroxylation is 2. The van der Waals surface area contributed by atoms with Gasteiger partial charge < -0.3 is 15.0 Å². The molecule has 0 radical (unpaired) electrons. The first-order chi connectivity index (χ1) is 17.9. The van der Waals surface area contributed by atoms with E-state index in [4.69, 9.17) is 21.9 Å². The quantitative estimate of drug-likeness (QED) is 0.228. The maximum absolute atomic E-state index is 12.7. The molecule has 6 nitrogen and oxygen atoms in total. The zero-order valence-electron chi connectivity index (χ0n) is 20.5. The Hall–Kier alpha value is -4.49. The summed E-state index contributed by atoms with van der Waals surface area (Å²) in [5.41, 5.74) is 7.45. The molecule has 0 spiro atoms. The van der Waals surface area contributed by atoms with Gasteiger partial charge in [-0.3, -0.25) is 10.1 Å². The molecule has 0 fully saturated rings. The number of thiocarbonyl (C=S) groups is 1. The van der Waals surface area contributed by atoms with Crippen molar-refractivity contribution in [2.75, 3.05) is 5.32 Å². The predicted molar refractivity (Wildman–Crippen MR) is 152 cm³/mol. The van der Waals surface area contributed by atoms with Crippen molar-refractivity contribution in [3.63, 3.8) is 0 Å². The van der Waals surface area contributed by atoms with E-state index in [9.17, 15) is 4.79 Å². The highest BCUT2D eigenvalue weighted by atomic mass is 32.1. The fraction of sp³-hybridized carbons (Fsp3) is 0.100. The number of carbonyl (C=O) groups excluding carboxylic acids is 1. The third-order valence-electron chi connectivity index (χ3n) is 6.01. The lowest BCUT2D eigenvalue weighted by molar-refractivity contribution is 0.0977. The molecule has 0 atom stereocenters. The SMILES string of the molecule is Cc1ccc(COc2ccc(C(=O)NC(=S)Nc3ccc(C)c(-c4nc5ccccc5[nH]4)c3)cc2)cc1. The fourth-order valence-corrected chi connectivity index (χ4v) is 4.14. The lowest BCUT2D eigenvalue weighted by Gasteiger charge is -2.12. The number of hydrogen-bond acceptors (Lipinski definition) is 4. The van der Waals surface area contributed by atoms with Gasteiger partial charge in [-0.25, -0.2) is 4.98 Å². The molecule has 0 saturated heterocycles. The van der Waals surface area contributed by atoms with Crippen LogP contribution in [0.1, 0.15) is 27.0 Å². The van der Waals surface area contributed by atoms with Gasteiger partial charge in [0, 0.05) is 16.8 Å². The van der Waals surface area contributed by atoms with Gasteiger partial charge in [-0.2, -0.15) is 0 Å². The molecular formula is C30H26N4O2S. The third-order valence-corrected chi connectivity index (χ3v) is 6.21. The van der Waals surface area contributed by atoms with E-state index < -0.39 is 0 Å². The number of nitrogens with zero attached hydrogens (tertiary/aromatic N) is 1. The number of benzene rings is 4. The Labute approximate surface area is 220 Å². The lowest BCUT2D eigenvalue weighted by atomic mass is 10.1. The van der Waals surface area contributed by atoms with E-state index in [1.54, 1.807) is 24.3 Å². The van der Waals surface area contributed by atoms with Gasteiger partial charge in [-0.15, -0.1) is 0 Å². The van der Waals surface area contributed by atoms with Crippen LogP contribution in [0.3, 0.4) is 0 Å². The van der Waals surface area contributed by atoms with Crippen LogP contribution in [0, 0.1) is 13.8 Å². The number of aromatic amines is 1. The van der Waals surface area contributed by atoms with Crippen LogP contribution in [0.15, 0.2) is 91.0 Å². The molecule has 1 heterocycles. The molecule has 0 bridgehead atoms. The largest absolute Gasteiger partial charge is 0.489 e. The molecule has 184 valence electrons. The summed E-state index contributed by atoms with van der Waals surface area (Å²) in [5.74, 6) is 1.17. The number of amides is 1. The number of H-pyrrole nitrogens is 1. The molecule has 0 aliphatic rings. The minimum Gasteiger partial charge on any atom is -0.489 e. The van der Waals surface area contributed by atoms with Gasteiger partial charge in [-0.1, -0.05) is 48.0 Å². The van der Waals surface area contributed by atoms with Crippen molar-refractivity contribution >= 4 is 40.0 Å². The smallest absolute Gasteiger partial charge is 0.257 e. The van der Waals surface area contributed by atoms with Crippen LogP contribution in [0.4, 0.5) is 5.69 Å². The van der Waals surface area contributed by atoms with Crippen molar-refractivity contribution in [1.29, 1.82) is 0 Å². The number of imidazole rings is 1. The number of nitrogens with one attached hydrogen (secondary N) is 3. The Bertz CT molecular complexity index is 1540. The van der Waals surface area contributed by atoms with Crippen LogP contribution >= 0.6 is 12.2 Å². The summed E-state index contributed by atoms with van der Waals surface area (Å²) in [6, 6.07) is 29.0. The molecule has 0 aliphatic carbocycles. The van der Waals surface area contributed by atoms with Crippen molar-refractivity contribution < 1.29 is 9.53 Å². The maximum atomic E-state index is 12.7. The van der Waals surface area contributed by atoms with E-state index >= 15 is 0 Å². The van der Waals surface area contributed by atoms with E-state index in [0.29, 0.717) is 17.9 Å². The normalized spacial score (nSPS) is 10.8.